The van der Waals surface area contributed by atoms with Crippen LogP contribution in [0.4, 0.5) is 5.82 Å². The smallest absolute Gasteiger partial charge is 0.124 e. The second-order valence-corrected chi connectivity index (χ2v) is 3.78. The third kappa shape index (κ3) is 1.40. The van der Waals surface area contributed by atoms with Crippen molar-refractivity contribution >= 4 is 5.82 Å². The minimum absolute atomic E-state index is 0.688. The van der Waals surface area contributed by atoms with E-state index in [1.165, 1.54) is 0 Å². The molecule has 2 heterocycles. The van der Waals surface area contributed by atoms with Crippen molar-refractivity contribution < 1.29 is 0 Å². The molecule has 0 aliphatic rings. The topological polar surface area (TPSA) is 61.7 Å². The summed E-state index contributed by atoms with van der Waals surface area (Å²) in [4.78, 5) is 0. The van der Waals surface area contributed by atoms with E-state index in [9.17, 15) is 0 Å². The molecular weight excluding hydrogens is 190 g/mol. The van der Waals surface area contributed by atoms with Gasteiger partial charge in [-0.05, 0) is 19.9 Å². The number of aromatic nitrogens is 4. The number of aryl methyl sites for hydroxylation is 3. The predicted molar refractivity (Wildman–Crippen MR) is 59.3 cm³/mol. The second-order valence-electron chi connectivity index (χ2n) is 3.78. The first-order valence-corrected chi connectivity index (χ1v) is 4.80. The molecule has 5 heteroatoms. The maximum Gasteiger partial charge on any atom is 0.124 e. The lowest BCUT2D eigenvalue weighted by molar-refractivity contribution is 0.738. The summed E-state index contributed by atoms with van der Waals surface area (Å²) >= 11 is 0. The lowest BCUT2D eigenvalue weighted by Crippen LogP contribution is -1.97. The normalized spacial score (nSPS) is 10.9. The highest BCUT2D eigenvalue weighted by atomic mass is 15.3. The highest BCUT2D eigenvalue weighted by Crippen LogP contribution is 2.24. The van der Waals surface area contributed by atoms with E-state index in [0.717, 1.165) is 22.6 Å². The second kappa shape index (κ2) is 3.12. The summed E-state index contributed by atoms with van der Waals surface area (Å²) in [5.41, 5.74) is 9.67. The molecule has 2 aromatic rings. The first-order valence-electron chi connectivity index (χ1n) is 4.80. The van der Waals surface area contributed by atoms with Gasteiger partial charge in [-0.3, -0.25) is 9.36 Å². The number of hydrogen-bond acceptors (Lipinski definition) is 3. The Hall–Kier alpha value is -1.78. The first-order chi connectivity index (χ1) is 7.00. The van der Waals surface area contributed by atoms with E-state index in [1.54, 1.807) is 4.68 Å². The van der Waals surface area contributed by atoms with Crippen molar-refractivity contribution in [1.82, 2.24) is 19.6 Å². The molecule has 2 N–H and O–H groups in total. The summed E-state index contributed by atoms with van der Waals surface area (Å²) in [6, 6.07) is 2.01. The molecule has 0 aromatic carbocycles. The molecule has 0 saturated carbocycles. The number of rotatable bonds is 1. The van der Waals surface area contributed by atoms with Crippen LogP contribution in [-0.4, -0.2) is 19.6 Å². The van der Waals surface area contributed by atoms with Crippen LogP contribution in [-0.2, 0) is 14.1 Å². The van der Waals surface area contributed by atoms with Gasteiger partial charge in [0, 0.05) is 25.4 Å². The average molecular weight is 205 g/mol. The van der Waals surface area contributed by atoms with Gasteiger partial charge in [-0.25, -0.2) is 0 Å². The molecule has 2 aromatic heterocycles. The summed E-state index contributed by atoms with van der Waals surface area (Å²) in [5, 5.41) is 8.73. The van der Waals surface area contributed by atoms with Gasteiger partial charge in [-0.15, -0.1) is 0 Å². The Morgan fingerprint density at radius 1 is 1.13 bits per heavy atom. The number of nitrogens with two attached hydrogens (primary N) is 1. The highest BCUT2D eigenvalue weighted by molar-refractivity contribution is 5.64. The number of nitrogens with zero attached hydrogens (tertiary/aromatic N) is 4. The van der Waals surface area contributed by atoms with Gasteiger partial charge >= 0.3 is 0 Å². The summed E-state index contributed by atoms with van der Waals surface area (Å²) in [7, 11) is 3.75. The van der Waals surface area contributed by atoms with Crippen molar-refractivity contribution in [3.63, 3.8) is 0 Å². The molecule has 0 fully saturated rings. The molecule has 0 spiro atoms. The van der Waals surface area contributed by atoms with Crippen LogP contribution < -0.4 is 5.73 Å². The standard InChI is InChI=1S/C10H15N5/c1-6-5-8(12-14(6)3)9-7(2)10(11)15(4)13-9/h5H,11H2,1-4H3. The van der Waals surface area contributed by atoms with E-state index in [-0.39, 0.29) is 0 Å². The molecule has 0 atom stereocenters. The number of hydrogen-bond donors (Lipinski definition) is 1. The van der Waals surface area contributed by atoms with E-state index >= 15 is 0 Å². The van der Waals surface area contributed by atoms with Crippen LogP contribution in [0.3, 0.4) is 0 Å². The Kier molecular flexibility index (Phi) is 2.03. The van der Waals surface area contributed by atoms with E-state index in [4.69, 9.17) is 5.73 Å². The predicted octanol–water partition coefficient (Wildman–Crippen LogP) is 1.02. The Bertz CT molecular complexity index is 487. The van der Waals surface area contributed by atoms with Crippen LogP contribution in [0, 0.1) is 13.8 Å². The Morgan fingerprint density at radius 3 is 2.20 bits per heavy atom. The van der Waals surface area contributed by atoms with Crippen molar-refractivity contribution in [3.8, 4) is 11.4 Å². The van der Waals surface area contributed by atoms with E-state index in [2.05, 4.69) is 10.2 Å². The van der Waals surface area contributed by atoms with Gasteiger partial charge in [0.25, 0.3) is 0 Å². The third-order valence-corrected chi connectivity index (χ3v) is 2.69. The fourth-order valence-electron chi connectivity index (χ4n) is 1.56. The molecule has 5 nitrogen and oxygen atoms in total. The molecular formula is C10H15N5. The van der Waals surface area contributed by atoms with Crippen molar-refractivity contribution in [1.29, 1.82) is 0 Å². The monoisotopic (exact) mass is 205 g/mol. The number of nitrogen functional groups attached to an aromatic ring is 1. The largest absolute Gasteiger partial charge is 0.384 e. The highest BCUT2D eigenvalue weighted by Gasteiger charge is 2.14. The van der Waals surface area contributed by atoms with Crippen molar-refractivity contribution in [2.24, 2.45) is 14.1 Å². The summed E-state index contributed by atoms with van der Waals surface area (Å²) in [5.74, 6) is 0.688. The average Bonchev–Trinajstić information content (AvgIpc) is 2.63. The molecule has 0 radical (unpaired) electrons. The zero-order valence-electron chi connectivity index (χ0n) is 9.44. The third-order valence-electron chi connectivity index (χ3n) is 2.69. The fourth-order valence-corrected chi connectivity index (χ4v) is 1.56. The van der Waals surface area contributed by atoms with Crippen LogP contribution in [0.15, 0.2) is 6.07 Å². The maximum absolute atomic E-state index is 5.85. The first kappa shape index (κ1) is 9.76. The lowest BCUT2D eigenvalue weighted by Gasteiger charge is -1.92. The van der Waals surface area contributed by atoms with Gasteiger partial charge in [-0.1, -0.05) is 0 Å². The fraction of sp³-hybridized carbons (Fsp3) is 0.400. The van der Waals surface area contributed by atoms with Crippen LogP contribution in [0.1, 0.15) is 11.3 Å². The van der Waals surface area contributed by atoms with Crippen LogP contribution in [0.5, 0.6) is 0 Å². The minimum atomic E-state index is 0.688. The van der Waals surface area contributed by atoms with Gasteiger partial charge in [0.1, 0.15) is 17.2 Å². The molecule has 0 unspecified atom stereocenters. The molecule has 2 rings (SSSR count). The van der Waals surface area contributed by atoms with E-state index in [0.29, 0.717) is 5.82 Å². The maximum atomic E-state index is 5.85. The molecule has 0 aliphatic carbocycles. The van der Waals surface area contributed by atoms with Gasteiger partial charge < -0.3 is 5.73 Å². The zero-order valence-corrected chi connectivity index (χ0v) is 9.44. The van der Waals surface area contributed by atoms with Crippen molar-refractivity contribution in [2.75, 3.05) is 5.73 Å². The van der Waals surface area contributed by atoms with Crippen molar-refractivity contribution in [2.45, 2.75) is 13.8 Å². The van der Waals surface area contributed by atoms with Gasteiger partial charge in [-0.2, -0.15) is 10.2 Å². The molecule has 0 bridgehead atoms. The lowest BCUT2D eigenvalue weighted by atomic mass is 10.2. The zero-order chi connectivity index (χ0) is 11.2. The molecule has 0 aliphatic heterocycles. The molecule has 0 saturated heterocycles. The molecule has 15 heavy (non-hydrogen) atoms. The summed E-state index contributed by atoms with van der Waals surface area (Å²) < 4.78 is 3.51. The SMILES string of the molecule is Cc1c(-c2cc(C)n(C)n2)nn(C)c1N. The van der Waals surface area contributed by atoms with Crippen LogP contribution >= 0.6 is 0 Å². The van der Waals surface area contributed by atoms with E-state index in [1.807, 2.05) is 38.7 Å². The number of anilines is 1. The van der Waals surface area contributed by atoms with Gasteiger partial charge in [0.05, 0.1) is 0 Å². The Morgan fingerprint density at radius 2 is 1.80 bits per heavy atom. The van der Waals surface area contributed by atoms with Crippen LogP contribution in [0.25, 0.3) is 11.4 Å². The summed E-state index contributed by atoms with van der Waals surface area (Å²) in [6.07, 6.45) is 0. The van der Waals surface area contributed by atoms with Gasteiger partial charge in [0.15, 0.2) is 0 Å². The molecule has 80 valence electrons. The van der Waals surface area contributed by atoms with Crippen LogP contribution in [0.2, 0.25) is 0 Å². The van der Waals surface area contributed by atoms with Crippen molar-refractivity contribution in [3.05, 3.63) is 17.3 Å². The minimum Gasteiger partial charge on any atom is -0.384 e. The quantitative estimate of drug-likeness (QED) is 0.756. The Labute approximate surface area is 88.5 Å². The van der Waals surface area contributed by atoms with E-state index < -0.39 is 0 Å². The Balaban J connectivity index is 2.59. The summed E-state index contributed by atoms with van der Waals surface area (Å²) in [6.45, 7) is 3.97. The van der Waals surface area contributed by atoms with Gasteiger partial charge in [0.2, 0.25) is 0 Å². The molecule has 0 amide bonds.